The second-order valence-electron chi connectivity index (χ2n) is 6.78. The number of carbonyl (C=O) groups is 2. The first kappa shape index (κ1) is 17.7. The topological polar surface area (TPSA) is 84.3 Å². The van der Waals surface area contributed by atoms with Gasteiger partial charge >= 0.3 is 0 Å². The van der Waals surface area contributed by atoms with Gasteiger partial charge in [-0.25, -0.2) is 4.68 Å². The first-order chi connectivity index (χ1) is 11.1. The van der Waals surface area contributed by atoms with Crippen LogP contribution in [0.3, 0.4) is 0 Å². The zero-order chi connectivity index (χ0) is 18.1. The fourth-order valence-corrected chi connectivity index (χ4v) is 2.38. The van der Waals surface area contributed by atoms with Gasteiger partial charge in [-0.3, -0.25) is 14.4 Å². The first-order valence-corrected chi connectivity index (χ1v) is 7.62. The van der Waals surface area contributed by atoms with E-state index in [0.717, 1.165) is 4.68 Å². The molecule has 1 aromatic carbocycles. The Balaban J connectivity index is 2.33. The first-order valence-electron chi connectivity index (χ1n) is 7.62. The fourth-order valence-electron chi connectivity index (χ4n) is 2.38. The van der Waals surface area contributed by atoms with Gasteiger partial charge in [0.15, 0.2) is 5.69 Å². The fraction of sp³-hybridized carbons (Fsp3) is 0.412. The van der Waals surface area contributed by atoms with E-state index >= 15 is 0 Å². The highest BCUT2D eigenvalue weighted by molar-refractivity contribution is 6.05. The maximum absolute atomic E-state index is 12.7. The lowest BCUT2D eigenvalue weighted by atomic mass is 10.1. The highest BCUT2D eigenvalue weighted by Gasteiger charge is 2.22. The SMILES string of the molecule is CN(CC(=O)NC(C)(C)C)C(=O)c1nn(C)c(=O)c2ccccc12. The molecule has 7 heteroatoms. The van der Waals surface area contributed by atoms with Crippen LogP contribution in [-0.2, 0) is 11.8 Å². The number of likely N-dealkylation sites (N-methyl/N-ethyl adjacent to an activating group) is 1. The van der Waals surface area contributed by atoms with Crippen LogP contribution >= 0.6 is 0 Å². The number of benzene rings is 1. The number of carbonyl (C=O) groups excluding carboxylic acids is 2. The molecule has 1 heterocycles. The predicted molar refractivity (Wildman–Crippen MR) is 91.8 cm³/mol. The monoisotopic (exact) mass is 330 g/mol. The zero-order valence-electron chi connectivity index (χ0n) is 14.6. The quantitative estimate of drug-likeness (QED) is 0.907. The van der Waals surface area contributed by atoms with Gasteiger partial charge in [0.05, 0.1) is 11.9 Å². The minimum absolute atomic E-state index is 0.0883. The second-order valence-corrected chi connectivity index (χ2v) is 6.78. The van der Waals surface area contributed by atoms with E-state index in [0.29, 0.717) is 10.8 Å². The van der Waals surface area contributed by atoms with Gasteiger partial charge in [0, 0.05) is 25.0 Å². The molecule has 0 aliphatic rings. The van der Waals surface area contributed by atoms with E-state index in [4.69, 9.17) is 0 Å². The average Bonchev–Trinajstić information content (AvgIpc) is 2.48. The van der Waals surface area contributed by atoms with Gasteiger partial charge in [-0.05, 0) is 26.8 Å². The molecule has 0 unspecified atom stereocenters. The third kappa shape index (κ3) is 3.79. The molecule has 0 radical (unpaired) electrons. The molecule has 0 aliphatic carbocycles. The summed E-state index contributed by atoms with van der Waals surface area (Å²) in [5.41, 5.74) is -0.489. The number of nitrogens with one attached hydrogen (secondary N) is 1. The second kappa shape index (κ2) is 6.43. The van der Waals surface area contributed by atoms with E-state index in [-0.39, 0.29) is 29.2 Å². The van der Waals surface area contributed by atoms with E-state index in [2.05, 4.69) is 10.4 Å². The number of aromatic nitrogens is 2. The molecule has 0 saturated carbocycles. The Morgan fingerprint density at radius 1 is 1.21 bits per heavy atom. The molecule has 2 amide bonds. The van der Waals surface area contributed by atoms with Crippen LogP contribution in [0.25, 0.3) is 10.8 Å². The lowest BCUT2D eigenvalue weighted by Crippen LogP contribution is -2.46. The summed E-state index contributed by atoms with van der Waals surface area (Å²) in [6.45, 7) is 5.52. The van der Waals surface area contributed by atoms with Gasteiger partial charge in [-0.2, -0.15) is 5.10 Å². The zero-order valence-corrected chi connectivity index (χ0v) is 14.6. The third-order valence-electron chi connectivity index (χ3n) is 3.40. The largest absolute Gasteiger partial charge is 0.350 e. The summed E-state index contributed by atoms with van der Waals surface area (Å²) in [6.07, 6.45) is 0. The maximum Gasteiger partial charge on any atom is 0.275 e. The van der Waals surface area contributed by atoms with Gasteiger partial charge in [-0.15, -0.1) is 0 Å². The molecule has 0 saturated heterocycles. The number of fused-ring (bicyclic) bond motifs is 1. The highest BCUT2D eigenvalue weighted by Crippen LogP contribution is 2.14. The molecule has 0 aliphatic heterocycles. The number of aryl methyl sites for hydroxylation is 1. The molecule has 2 aromatic rings. The Bertz CT molecular complexity index is 849. The van der Waals surface area contributed by atoms with Crippen molar-refractivity contribution in [3.8, 4) is 0 Å². The molecule has 2 rings (SSSR count). The van der Waals surface area contributed by atoms with Crippen molar-refractivity contribution in [2.45, 2.75) is 26.3 Å². The maximum atomic E-state index is 12.7. The number of amides is 2. The molecule has 7 nitrogen and oxygen atoms in total. The molecule has 0 spiro atoms. The van der Waals surface area contributed by atoms with E-state index in [1.807, 2.05) is 20.8 Å². The Morgan fingerprint density at radius 2 is 1.79 bits per heavy atom. The standard InChI is InChI=1S/C17H22N4O3/c1-17(2,3)18-13(22)10-20(4)16(24)14-11-8-6-7-9-12(11)15(23)21(5)19-14/h6-9H,10H2,1-5H3,(H,18,22). The van der Waals surface area contributed by atoms with Crippen LogP contribution < -0.4 is 10.9 Å². The van der Waals surface area contributed by atoms with E-state index in [9.17, 15) is 14.4 Å². The minimum atomic E-state index is -0.411. The molecule has 24 heavy (non-hydrogen) atoms. The normalized spacial score (nSPS) is 11.4. The summed E-state index contributed by atoms with van der Waals surface area (Å²) in [5.74, 6) is -0.668. The summed E-state index contributed by atoms with van der Waals surface area (Å²) < 4.78 is 1.14. The van der Waals surface area contributed by atoms with Crippen LogP contribution in [0.2, 0.25) is 0 Å². The van der Waals surface area contributed by atoms with E-state index < -0.39 is 5.91 Å². The third-order valence-corrected chi connectivity index (χ3v) is 3.40. The van der Waals surface area contributed by atoms with Gasteiger partial charge < -0.3 is 10.2 Å². The molecule has 1 N–H and O–H groups in total. The molecule has 128 valence electrons. The Hall–Kier alpha value is -2.70. The van der Waals surface area contributed by atoms with E-state index in [1.54, 1.807) is 24.3 Å². The number of rotatable bonds is 3. The lowest BCUT2D eigenvalue weighted by molar-refractivity contribution is -0.122. The van der Waals surface area contributed by atoms with Crippen LogP contribution in [0.15, 0.2) is 29.1 Å². The molecule has 1 aromatic heterocycles. The Kier molecular flexibility index (Phi) is 4.73. The van der Waals surface area contributed by atoms with Crippen LogP contribution in [0.1, 0.15) is 31.3 Å². The van der Waals surface area contributed by atoms with Gasteiger partial charge in [0.25, 0.3) is 11.5 Å². The van der Waals surface area contributed by atoms with Crippen molar-refractivity contribution >= 4 is 22.6 Å². The predicted octanol–water partition coefficient (Wildman–Crippen LogP) is 0.920. The van der Waals surface area contributed by atoms with Crippen LogP contribution in [-0.4, -0.2) is 45.6 Å². The highest BCUT2D eigenvalue weighted by atomic mass is 16.2. The van der Waals surface area contributed by atoms with Crippen molar-refractivity contribution in [2.75, 3.05) is 13.6 Å². The van der Waals surface area contributed by atoms with Gasteiger partial charge in [0.2, 0.25) is 5.91 Å². The van der Waals surface area contributed by atoms with Gasteiger partial charge in [-0.1, -0.05) is 18.2 Å². The van der Waals surface area contributed by atoms with Gasteiger partial charge in [0.1, 0.15) is 0 Å². The van der Waals surface area contributed by atoms with Crippen LogP contribution in [0.5, 0.6) is 0 Å². The summed E-state index contributed by atoms with van der Waals surface area (Å²) in [6, 6.07) is 6.81. The number of hydrogen-bond acceptors (Lipinski definition) is 4. The molecular formula is C17H22N4O3. The summed E-state index contributed by atoms with van der Waals surface area (Å²) >= 11 is 0. The molecular weight excluding hydrogens is 308 g/mol. The van der Waals surface area contributed by atoms with Crippen molar-refractivity contribution < 1.29 is 9.59 Å². The van der Waals surface area contributed by atoms with Crippen molar-refractivity contribution in [1.29, 1.82) is 0 Å². The van der Waals surface area contributed by atoms with Crippen molar-refractivity contribution in [1.82, 2.24) is 20.0 Å². The Morgan fingerprint density at radius 3 is 2.38 bits per heavy atom. The summed E-state index contributed by atoms with van der Waals surface area (Å²) in [7, 11) is 3.03. The average molecular weight is 330 g/mol. The molecule has 0 fully saturated rings. The Labute approximate surface area is 140 Å². The van der Waals surface area contributed by atoms with Crippen molar-refractivity contribution in [3.63, 3.8) is 0 Å². The number of nitrogens with zero attached hydrogens (tertiary/aromatic N) is 3. The molecule has 0 bridgehead atoms. The minimum Gasteiger partial charge on any atom is -0.350 e. The van der Waals surface area contributed by atoms with E-state index in [1.165, 1.54) is 19.0 Å². The smallest absolute Gasteiger partial charge is 0.275 e. The van der Waals surface area contributed by atoms with Crippen molar-refractivity contribution in [3.05, 3.63) is 40.3 Å². The lowest BCUT2D eigenvalue weighted by Gasteiger charge is -2.23. The summed E-state index contributed by atoms with van der Waals surface area (Å²) in [4.78, 5) is 38.1. The van der Waals surface area contributed by atoms with Crippen LogP contribution in [0.4, 0.5) is 0 Å². The van der Waals surface area contributed by atoms with Crippen LogP contribution in [0, 0.1) is 0 Å². The summed E-state index contributed by atoms with van der Waals surface area (Å²) in [5, 5.41) is 7.79. The number of hydrogen-bond donors (Lipinski definition) is 1. The molecule has 0 atom stereocenters. The van der Waals surface area contributed by atoms with Crippen molar-refractivity contribution in [2.24, 2.45) is 7.05 Å².